The zero-order valence-corrected chi connectivity index (χ0v) is 16.3. The number of thiophene rings is 1. The van der Waals surface area contributed by atoms with Crippen molar-refractivity contribution in [1.29, 1.82) is 0 Å². The van der Waals surface area contributed by atoms with E-state index in [0.717, 1.165) is 32.4 Å². The molecule has 0 saturated carbocycles. The van der Waals surface area contributed by atoms with Crippen LogP contribution in [0.3, 0.4) is 0 Å². The third-order valence-corrected chi connectivity index (χ3v) is 6.39. The van der Waals surface area contributed by atoms with Gasteiger partial charge in [0.15, 0.2) is 0 Å². The second-order valence-corrected chi connectivity index (χ2v) is 8.26. The topological polar surface area (TPSA) is 61.4 Å². The summed E-state index contributed by atoms with van der Waals surface area (Å²) in [4.78, 5) is 27.6. The number of amides is 2. The van der Waals surface area contributed by atoms with Gasteiger partial charge in [-0.05, 0) is 54.8 Å². The number of hydrogen-bond acceptors (Lipinski definition) is 4. The molecule has 1 aromatic heterocycles. The molecule has 3 heterocycles. The summed E-state index contributed by atoms with van der Waals surface area (Å²) >= 11 is 1.40. The third-order valence-electron chi connectivity index (χ3n) is 5.56. The average Bonchev–Trinajstić information content (AvgIpc) is 3.27. The van der Waals surface area contributed by atoms with E-state index in [-0.39, 0.29) is 11.8 Å². The summed E-state index contributed by atoms with van der Waals surface area (Å²) in [6.07, 6.45) is 4.29. The molecule has 0 aliphatic carbocycles. The van der Waals surface area contributed by atoms with Crippen LogP contribution in [0.5, 0.6) is 0 Å². The number of fused-ring (bicyclic) bond motifs is 2. The molecule has 0 spiro atoms. The number of nitrogens with zero attached hydrogens (tertiary/aromatic N) is 1. The van der Waals surface area contributed by atoms with Gasteiger partial charge in [-0.25, -0.2) is 0 Å². The Morgan fingerprint density at radius 3 is 2.70 bits per heavy atom. The fourth-order valence-corrected chi connectivity index (χ4v) is 4.71. The third kappa shape index (κ3) is 3.92. The lowest BCUT2D eigenvalue weighted by Gasteiger charge is -2.24. The number of carbonyl (C=O) groups is 2. The van der Waals surface area contributed by atoms with Gasteiger partial charge in [0.05, 0.1) is 5.56 Å². The van der Waals surface area contributed by atoms with Crippen molar-refractivity contribution in [3.05, 3.63) is 52.4 Å². The Balaban J connectivity index is 1.47. The molecular weight excluding hydrogens is 358 g/mol. The molecule has 2 amide bonds. The molecule has 1 aromatic carbocycles. The predicted octanol–water partition coefficient (Wildman–Crippen LogP) is 3.53. The second kappa shape index (κ2) is 7.82. The van der Waals surface area contributed by atoms with Crippen LogP contribution in [0, 0.1) is 0 Å². The SMILES string of the molecule is CCc1ccc(C(=O)Nc2sccc2C(=O)N2CCC3CCC(C2)N3)cc1. The van der Waals surface area contributed by atoms with Crippen LogP contribution < -0.4 is 10.6 Å². The van der Waals surface area contributed by atoms with Gasteiger partial charge < -0.3 is 15.5 Å². The first-order valence-electron chi connectivity index (χ1n) is 9.67. The zero-order valence-electron chi connectivity index (χ0n) is 15.5. The van der Waals surface area contributed by atoms with Gasteiger partial charge in [-0.3, -0.25) is 9.59 Å². The van der Waals surface area contributed by atoms with Crippen molar-refractivity contribution in [3.63, 3.8) is 0 Å². The molecule has 2 aromatic rings. The summed E-state index contributed by atoms with van der Waals surface area (Å²) in [7, 11) is 0. The minimum Gasteiger partial charge on any atom is -0.337 e. The Labute approximate surface area is 163 Å². The summed E-state index contributed by atoms with van der Waals surface area (Å²) < 4.78 is 0. The molecule has 27 heavy (non-hydrogen) atoms. The van der Waals surface area contributed by atoms with Gasteiger partial charge in [0.2, 0.25) is 0 Å². The van der Waals surface area contributed by atoms with Gasteiger partial charge in [-0.2, -0.15) is 0 Å². The van der Waals surface area contributed by atoms with Gasteiger partial charge in [-0.1, -0.05) is 19.1 Å². The zero-order chi connectivity index (χ0) is 18.8. The summed E-state index contributed by atoms with van der Waals surface area (Å²) in [5.74, 6) is -0.159. The average molecular weight is 384 g/mol. The molecule has 4 rings (SSSR count). The minimum absolute atomic E-state index is 0.0160. The van der Waals surface area contributed by atoms with E-state index in [1.807, 2.05) is 40.6 Å². The number of nitrogens with one attached hydrogen (secondary N) is 2. The number of carbonyl (C=O) groups excluding carboxylic acids is 2. The summed E-state index contributed by atoms with van der Waals surface area (Å²) in [5.41, 5.74) is 2.40. The van der Waals surface area contributed by atoms with Crippen LogP contribution in [0.2, 0.25) is 0 Å². The smallest absolute Gasteiger partial charge is 0.256 e. The number of benzene rings is 1. The lowest BCUT2D eigenvalue weighted by Crippen LogP contribution is -2.39. The maximum atomic E-state index is 13.1. The van der Waals surface area contributed by atoms with Crippen molar-refractivity contribution >= 4 is 28.2 Å². The molecule has 2 N–H and O–H groups in total. The maximum Gasteiger partial charge on any atom is 0.256 e. The first-order valence-corrected chi connectivity index (χ1v) is 10.5. The number of likely N-dealkylation sites (tertiary alicyclic amines) is 1. The Morgan fingerprint density at radius 2 is 1.93 bits per heavy atom. The largest absolute Gasteiger partial charge is 0.337 e. The Bertz CT molecular complexity index is 830. The highest BCUT2D eigenvalue weighted by atomic mass is 32.1. The molecule has 2 aliphatic heterocycles. The van der Waals surface area contributed by atoms with Crippen LogP contribution in [0.4, 0.5) is 5.00 Å². The highest BCUT2D eigenvalue weighted by molar-refractivity contribution is 7.14. The van der Waals surface area contributed by atoms with Crippen molar-refractivity contribution in [2.75, 3.05) is 18.4 Å². The van der Waals surface area contributed by atoms with E-state index in [0.29, 0.717) is 28.2 Å². The van der Waals surface area contributed by atoms with E-state index in [9.17, 15) is 9.59 Å². The molecule has 0 radical (unpaired) electrons. The lowest BCUT2D eigenvalue weighted by molar-refractivity contribution is 0.0749. The van der Waals surface area contributed by atoms with Gasteiger partial charge in [0.25, 0.3) is 11.8 Å². The molecule has 2 fully saturated rings. The van der Waals surface area contributed by atoms with Crippen molar-refractivity contribution in [3.8, 4) is 0 Å². The van der Waals surface area contributed by atoms with E-state index >= 15 is 0 Å². The molecule has 5 nitrogen and oxygen atoms in total. The molecule has 6 heteroatoms. The predicted molar refractivity (Wildman–Crippen MR) is 109 cm³/mol. The Hall–Kier alpha value is -2.18. The van der Waals surface area contributed by atoms with Crippen molar-refractivity contribution in [2.45, 2.75) is 44.7 Å². The number of hydrogen-bond donors (Lipinski definition) is 2. The Kier molecular flexibility index (Phi) is 5.27. The van der Waals surface area contributed by atoms with Crippen molar-refractivity contribution in [2.24, 2.45) is 0 Å². The summed E-state index contributed by atoms with van der Waals surface area (Å²) in [6.45, 7) is 3.61. The van der Waals surface area contributed by atoms with Gasteiger partial charge in [-0.15, -0.1) is 11.3 Å². The molecule has 142 valence electrons. The molecular formula is C21H25N3O2S. The number of rotatable bonds is 4. The summed E-state index contributed by atoms with van der Waals surface area (Å²) in [6, 6.07) is 10.4. The highest BCUT2D eigenvalue weighted by Gasteiger charge is 2.32. The van der Waals surface area contributed by atoms with Gasteiger partial charge >= 0.3 is 0 Å². The lowest BCUT2D eigenvalue weighted by atomic mass is 10.1. The number of anilines is 1. The highest BCUT2D eigenvalue weighted by Crippen LogP contribution is 2.28. The van der Waals surface area contributed by atoms with E-state index < -0.39 is 0 Å². The summed E-state index contributed by atoms with van der Waals surface area (Å²) in [5, 5.41) is 9.03. The molecule has 2 unspecified atom stereocenters. The quantitative estimate of drug-likeness (QED) is 0.849. The fraction of sp³-hybridized carbons (Fsp3) is 0.429. The van der Waals surface area contributed by atoms with Crippen molar-refractivity contribution < 1.29 is 9.59 Å². The monoisotopic (exact) mass is 383 g/mol. The first kappa shape index (κ1) is 18.2. The number of aryl methyl sites for hydroxylation is 1. The van der Waals surface area contributed by atoms with Gasteiger partial charge in [0.1, 0.15) is 5.00 Å². The standard InChI is InChI=1S/C21H25N3O2S/c1-2-14-3-5-15(6-4-14)19(25)23-20-18(10-12-27-20)21(26)24-11-9-16-7-8-17(13-24)22-16/h3-6,10,12,16-17,22H,2,7-9,11,13H2,1H3,(H,23,25). The van der Waals surface area contributed by atoms with Crippen molar-refractivity contribution in [1.82, 2.24) is 10.2 Å². The normalized spacial score (nSPS) is 21.7. The molecule has 2 bridgehead atoms. The first-order chi connectivity index (χ1) is 13.1. The fourth-order valence-electron chi connectivity index (χ4n) is 3.94. The van der Waals surface area contributed by atoms with Crippen LogP contribution in [0.15, 0.2) is 35.7 Å². The van der Waals surface area contributed by atoms with E-state index in [1.165, 1.54) is 23.3 Å². The van der Waals surface area contributed by atoms with Crippen LogP contribution in [-0.2, 0) is 6.42 Å². The van der Waals surface area contributed by atoms with Crippen LogP contribution in [0.1, 0.15) is 52.5 Å². The van der Waals surface area contributed by atoms with E-state index in [1.54, 1.807) is 0 Å². The van der Waals surface area contributed by atoms with Crippen LogP contribution >= 0.6 is 11.3 Å². The minimum atomic E-state index is -0.175. The Morgan fingerprint density at radius 1 is 1.15 bits per heavy atom. The van der Waals surface area contributed by atoms with Gasteiger partial charge in [0, 0.05) is 30.7 Å². The molecule has 2 aliphatic rings. The van der Waals surface area contributed by atoms with E-state index in [4.69, 9.17) is 0 Å². The molecule has 2 atom stereocenters. The van der Waals surface area contributed by atoms with Crippen LogP contribution in [0.25, 0.3) is 0 Å². The molecule has 2 saturated heterocycles. The maximum absolute atomic E-state index is 13.1. The second-order valence-electron chi connectivity index (χ2n) is 7.35. The van der Waals surface area contributed by atoms with E-state index in [2.05, 4.69) is 17.6 Å². The van der Waals surface area contributed by atoms with Crippen LogP contribution in [-0.4, -0.2) is 41.9 Å².